The Morgan fingerprint density at radius 1 is 0.870 bits per heavy atom. The number of likely N-dealkylation sites (tertiary alicyclic amines) is 2. The fourth-order valence-electron chi connectivity index (χ4n) is 7.43. The minimum Gasteiger partial charge on any atom is -0.508 e. The highest BCUT2D eigenvalue weighted by molar-refractivity contribution is 7.22. The molecule has 242 valence electrons. The Morgan fingerprint density at radius 3 is 2.41 bits per heavy atom. The van der Waals surface area contributed by atoms with Crippen molar-refractivity contribution in [3.05, 3.63) is 71.8 Å². The largest absolute Gasteiger partial charge is 0.508 e. The van der Waals surface area contributed by atoms with Gasteiger partial charge in [-0.15, -0.1) is 11.3 Å². The number of carbonyl (C=O) groups excluding carboxylic acids is 1. The lowest BCUT2D eigenvalue weighted by molar-refractivity contribution is 0.0468. The van der Waals surface area contributed by atoms with E-state index < -0.39 is 0 Å². The van der Waals surface area contributed by atoms with Crippen molar-refractivity contribution in [1.29, 1.82) is 0 Å². The van der Waals surface area contributed by atoms with Gasteiger partial charge in [0, 0.05) is 38.7 Å². The van der Waals surface area contributed by atoms with Gasteiger partial charge in [-0.25, -0.2) is 0 Å². The predicted octanol–water partition coefficient (Wildman–Crippen LogP) is 7.77. The van der Waals surface area contributed by atoms with Crippen LogP contribution in [0, 0.1) is 0 Å². The molecule has 2 aliphatic heterocycles. The Balaban J connectivity index is 1.14. The van der Waals surface area contributed by atoms with Gasteiger partial charge in [0.25, 0.3) is 0 Å². The second kappa shape index (κ2) is 14.0. The number of aromatic hydroxyl groups is 1. The molecule has 1 aromatic heterocycles. The molecule has 0 spiro atoms. The molecule has 3 aromatic carbocycles. The molecule has 2 atom stereocenters. The summed E-state index contributed by atoms with van der Waals surface area (Å²) in [7, 11) is 1.64. The van der Waals surface area contributed by atoms with Crippen LogP contribution in [0.15, 0.2) is 60.7 Å². The molecular weight excluding hydrogens is 596 g/mol. The zero-order chi connectivity index (χ0) is 31.5. The van der Waals surface area contributed by atoms with Crippen molar-refractivity contribution < 1.29 is 24.1 Å². The molecule has 3 heterocycles. The van der Waals surface area contributed by atoms with E-state index in [1.807, 2.05) is 48.5 Å². The van der Waals surface area contributed by atoms with Crippen LogP contribution in [0.3, 0.4) is 0 Å². The lowest BCUT2D eigenvalue weighted by Crippen LogP contribution is -2.46. The van der Waals surface area contributed by atoms with Gasteiger partial charge in [-0.2, -0.15) is 0 Å². The number of phenols is 1. The van der Waals surface area contributed by atoms with E-state index in [-0.39, 0.29) is 17.6 Å². The molecule has 0 bridgehead atoms. The van der Waals surface area contributed by atoms with Crippen LogP contribution in [-0.4, -0.2) is 79.3 Å². The van der Waals surface area contributed by atoms with Crippen LogP contribution in [0.1, 0.15) is 67.3 Å². The van der Waals surface area contributed by atoms with E-state index in [1.54, 1.807) is 19.2 Å². The molecule has 3 fully saturated rings. The number of nitrogens with zero attached hydrogens (tertiary/aromatic N) is 2. The molecule has 0 radical (unpaired) electrons. The van der Waals surface area contributed by atoms with E-state index in [4.69, 9.17) is 14.2 Å². The third kappa shape index (κ3) is 6.61. The Labute approximate surface area is 275 Å². The van der Waals surface area contributed by atoms with Gasteiger partial charge in [0.2, 0.25) is 0 Å². The summed E-state index contributed by atoms with van der Waals surface area (Å²) in [5.74, 6) is 2.18. The maximum atomic E-state index is 14.3. The van der Waals surface area contributed by atoms with Gasteiger partial charge in [0.05, 0.1) is 7.11 Å². The number of methoxy groups -OCH3 is 1. The van der Waals surface area contributed by atoms with Crippen LogP contribution < -0.4 is 14.2 Å². The van der Waals surface area contributed by atoms with Crippen LogP contribution in [0.5, 0.6) is 23.0 Å². The number of thiophene rings is 1. The van der Waals surface area contributed by atoms with Gasteiger partial charge in [-0.3, -0.25) is 14.6 Å². The van der Waals surface area contributed by atoms with Gasteiger partial charge < -0.3 is 19.3 Å². The first-order chi connectivity index (χ1) is 22.6. The Kier molecular flexibility index (Phi) is 9.47. The van der Waals surface area contributed by atoms with E-state index in [9.17, 15) is 9.90 Å². The summed E-state index contributed by atoms with van der Waals surface area (Å²) in [6.45, 7) is 6.21. The van der Waals surface area contributed by atoms with Crippen LogP contribution in [0.4, 0.5) is 0 Å². The lowest BCUT2D eigenvalue weighted by atomic mass is 9.91. The summed E-state index contributed by atoms with van der Waals surface area (Å²) in [5, 5.41) is 11.1. The van der Waals surface area contributed by atoms with Crippen molar-refractivity contribution in [1.82, 2.24) is 9.80 Å². The first-order valence-electron chi connectivity index (χ1n) is 16.9. The number of rotatable bonds is 11. The number of hydrogen-bond acceptors (Lipinski definition) is 8. The normalized spacial score (nSPS) is 20.7. The van der Waals surface area contributed by atoms with E-state index in [0.717, 1.165) is 65.4 Å². The standard InChI is InChI=1S/C38H44N2O5S/c1-43-34-24-27(12-17-33(34)45-32-9-3-2-8-31(32)40-20-6-7-21-40)37(42)36-30-16-13-28(41)25-35(30)46-38(36)26-10-14-29(15-11-26)44-23-22-39-18-4-5-19-39/h10-17,24-25,31-32,41H,2-9,18-23H2,1H3. The molecular formula is C38H44N2O5S. The van der Waals surface area contributed by atoms with E-state index >= 15 is 0 Å². The van der Waals surface area contributed by atoms with E-state index in [1.165, 1.54) is 56.3 Å². The van der Waals surface area contributed by atoms with Gasteiger partial charge in [-0.1, -0.05) is 6.42 Å². The summed E-state index contributed by atoms with van der Waals surface area (Å²) in [6.07, 6.45) is 9.80. The fraction of sp³-hybridized carbons (Fsp3) is 0.447. The predicted molar refractivity (Wildman–Crippen MR) is 184 cm³/mol. The van der Waals surface area contributed by atoms with Crippen LogP contribution in [0.2, 0.25) is 0 Å². The number of hydrogen-bond donors (Lipinski definition) is 1. The van der Waals surface area contributed by atoms with Crippen LogP contribution in [0.25, 0.3) is 20.5 Å². The number of ketones is 1. The number of carbonyl (C=O) groups is 1. The molecule has 0 amide bonds. The summed E-state index contributed by atoms with van der Waals surface area (Å²) >= 11 is 1.51. The highest BCUT2D eigenvalue weighted by Crippen LogP contribution is 2.42. The minimum absolute atomic E-state index is 0.0876. The minimum atomic E-state index is -0.0876. The number of benzene rings is 3. The van der Waals surface area contributed by atoms with Crippen molar-refractivity contribution in [2.45, 2.75) is 63.5 Å². The molecule has 46 heavy (non-hydrogen) atoms. The van der Waals surface area contributed by atoms with Crippen LogP contribution in [-0.2, 0) is 0 Å². The highest BCUT2D eigenvalue weighted by Gasteiger charge is 2.34. The average molecular weight is 641 g/mol. The van der Waals surface area contributed by atoms with Crippen molar-refractivity contribution in [3.63, 3.8) is 0 Å². The van der Waals surface area contributed by atoms with Crippen molar-refractivity contribution in [2.24, 2.45) is 0 Å². The summed E-state index contributed by atoms with van der Waals surface area (Å²) < 4.78 is 19.4. The summed E-state index contributed by atoms with van der Waals surface area (Å²) in [4.78, 5) is 20.2. The van der Waals surface area contributed by atoms with Crippen LogP contribution >= 0.6 is 11.3 Å². The van der Waals surface area contributed by atoms with E-state index in [2.05, 4.69) is 9.80 Å². The van der Waals surface area contributed by atoms with Crippen molar-refractivity contribution in [3.8, 4) is 33.4 Å². The zero-order valence-electron chi connectivity index (χ0n) is 26.7. The number of fused-ring (bicyclic) bond motifs is 1. The molecule has 2 saturated heterocycles. The van der Waals surface area contributed by atoms with Gasteiger partial charge in [0.1, 0.15) is 24.2 Å². The first kappa shape index (κ1) is 31.0. The SMILES string of the molecule is COc1cc(C(=O)c2c(-c3ccc(OCCN4CCCC4)cc3)sc3cc(O)ccc23)ccc1OC1CCCCC1N1CCCC1. The van der Waals surface area contributed by atoms with Gasteiger partial charge in [0.15, 0.2) is 17.3 Å². The Morgan fingerprint density at radius 2 is 1.63 bits per heavy atom. The molecule has 7 rings (SSSR count). The molecule has 8 heteroatoms. The summed E-state index contributed by atoms with van der Waals surface area (Å²) in [6, 6.07) is 19.2. The number of ether oxygens (including phenoxy) is 3. The topological polar surface area (TPSA) is 71.5 Å². The van der Waals surface area contributed by atoms with E-state index in [0.29, 0.717) is 35.3 Å². The van der Waals surface area contributed by atoms with Crippen molar-refractivity contribution in [2.75, 3.05) is 46.4 Å². The smallest absolute Gasteiger partial charge is 0.195 e. The maximum Gasteiger partial charge on any atom is 0.195 e. The van der Waals surface area contributed by atoms with Gasteiger partial charge >= 0.3 is 0 Å². The molecule has 7 nitrogen and oxygen atoms in total. The molecule has 1 saturated carbocycles. The molecule has 2 unspecified atom stereocenters. The average Bonchev–Trinajstić information content (AvgIpc) is 3.87. The second-order valence-corrected chi connectivity index (χ2v) is 13.9. The lowest BCUT2D eigenvalue weighted by Gasteiger charge is -2.38. The third-order valence-corrected chi connectivity index (χ3v) is 11.1. The molecule has 3 aliphatic rings. The number of phenolic OH excluding ortho intramolecular Hbond substituents is 1. The molecule has 4 aromatic rings. The fourth-order valence-corrected chi connectivity index (χ4v) is 8.67. The Bertz CT molecular complexity index is 1660. The van der Waals surface area contributed by atoms with Gasteiger partial charge in [-0.05, 0) is 137 Å². The van der Waals surface area contributed by atoms with Crippen molar-refractivity contribution >= 4 is 27.2 Å². The third-order valence-electron chi connectivity index (χ3n) is 9.87. The maximum absolute atomic E-state index is 14.3. The second-order valence-electron chi connectivity index (χ2n) is 12.9. The zero-order valence-corrected chi connectivity index (χ0v) is 27.5. The molecule has 1 N–H and O–H groups in total. The highest BCUT2D eigenvalue weighted by atomic mass is 32.1. The molecule has 1 aliphatic carbocycles. The Hall–Kier alpha value is -3.59. The monoisotopic (exact) mass is 640 g/mol. The quantitative estimate of drug-likeness (QED) is 0.168. The first-order valence-corrected chi connectivity index (χ1v) is 17.7. The summed E-state index contributed by atoms with van der Waals surface area (Å²) in [5.41, 5.74) is 2.10.